The van der Waals surface area contributed by atoms with E-state index < -0.39 is 15.9 Å². The van der Waals surface area contributed by atoms with E-state index >= 15 is 0 Å². The number of hydrogen-bond acceptors (Lipinski definition) is 7. The summed E-state index contributed by atoms with van der Waals surface area (Å²) in [5.41, 5.74) is 1.02. The van der Waals surface area contributed by atoms with Gasteiger partial charge in [-0.25, -0.2) is 8.42 Å². The zero-order valence-electron chi connectivity index (χ0n) is 20.4. The standard InChI is InChI=1S/C25H27N3O6S2/c1-6-11-28-20-12-21(32-4)22(33-5)13-23(20)35-25(28)26-24(29)18-7-9-19(10-8-18)36(30,31)27-14-16(2)34-17(3)15-27/h1,7-10,12-13,16-17H,11,14-15H2,2-5H3/t16-,17+. The first-order valence-corrected chi connectivity index (χ1v) is 13.5. The molecule has 0 N–H and O–H groups in total. The summed E-state index contributed by atoms with van der Waals surface area (Å²) in [5.74, 6) is 3.17. The van der Waals surface area contributed by atoms with Crippen LogP contribution in [0.25, 0.3) is 10.2 Å². The van der Waals surface area contributed by atoms with Crippen LogP contribution in [0.4, 0.5) is 0 Å². The first kappa shape index (κ1) is 25.9. The van der Waals surface area contributed by atoms with E-state index in [1.165, 1.54) is 39.9 Å². The molecule has 1 aliphatic rings. The lowest BCUT2D eigenvalue weighted by atomic mass is 10.2. The van der Waals surface area contributed by atoms with E-state index in [1.54, 1.807) is 24.9 Å². The Morgan fingerprint density at radius 1 is 1.14 bits per heavy atom. The minimum Gasteiger partial charge on any atom is -0.493 e. The Morgan fingerprint density at radius 3 is 2.33 bits per heavy atom. The number of benzene rings is 2. The van der Waals surface area contributed by atoms with Crippen LogP contribution in [0.1, 0.15) is 24.2 Å². The molecule has 1 fully saturated rings. The summed E-state index contributed by atoms with van der Waals surface area (Å²) in [7, 11) is -0.621. The number of ether oxygens (including phenoxy) is 3. The Bertz CT molecular complexity index is 1490. The van der Waals surface area contributed by atoms with Gasteiger partial charge in [0.15, 0.2) is 16.3 Å². The molecule has 0 unspecified atom stereocenters. The van der Waals surface area contributed by atoms with Gasteiger partial charge >= 0.3 is 0 Å². The fourth-order valence-electron chi connectivity index (χ4n) is 4.12. The average Bonchev–Trinajstić information content (AvgIpc) is 3.18. The highest BCUT2D eigenvalue weighted by molar-refractivity contribution is 7.89. The molecule has 1 saturated heterocycles. The topological polar surface area (TPSA) is 99.4 Å². The van der Waals surface area contributed by atoms with Gasteiger partial charge in [-0.15, -0.1) is 6.42 Å². The first-order chi connectivity index (χ1) is 17.2. The Kier molecular flexibility index (Phi) is 7.51. The van der Waals surface area contributed by atoms with Gasteiger partial charge in [0, 0.05) is 30.8 Å². The number of fused-ring (bicyclic) bond motifs is 1. The summed E-state index contributed by atoms with van der Waals surface area (Å²) >= 11 is 1.29. The van der Waals surface area contributed by atoms with E-state index in [0.29, 0.717) is 16.3 Å². The van der Waals surface area contributed by atoms with Crippen LogP contribution in [0.3, 0.4) is 0 Å². The molecule has 3 aromatic rings. The van der Waals surface area contributed by atoms with Crippen molar-refractivity contribution in [2.45, 2.75) is 37.5 Å². The van der Waals surface area contributed by atoms with E-state index in [9.17, 15) is 13.2 Å². The highest BCUT2D eigenvalue weighted by Gasteiger charge is 2.32. The largest absolute Gasteiger partial charge is 0.493 e. The summed E-state index contributed by atoms with van der Waals surface area (Å²) in [4.78, 5) is 17.8. The Labute approximate surface area is 214 Å². The Balaban J connectivity index is 1.67. The third-order valence-electron chi connectivity index (χ3n) is 5.76. The molecule has 2 heterocycles. The number of thiazole rings is 1. The molecular weight excluding hydrogens is 502 g/mol. The number of hydrogen-bond donors (Lipinski definition) is 0. The van der Waals surface area contributed by atoms with Crippen molar-refractivity contribution in [2.24, 2.45) is 4.99 Å². The van der Waals surface area contributed by atoms with Crippen LogP contribution in [0.15, 0.2) is 46.3 Å². The number of sulfonamides is 1. The van der Waals surface area contributed by atoms with Crippen LogP contribution in [-0.4, -0.2) is 62.7 Å². The van der Waals surface area contributed by atoms with Gasteiger partial charge in [-0.2, -0.15) is 9.30 Å². The molecule has 11 heteroatoms. The SMILES string of the molecule is C#CCn1c(=NC(=O)c2ccc(S(=O)(=O)N3C[C@@H](C)O[C@@H](C)C3)cc2)sc2cc(OC)c(OC)cc21. The molecule has 0 saturated carbocycles. The summed E-state index contributed by atoms with van der Waals surface area (Å²) in [6.45, 7) is 4.44. The van der Waals surface area contributed by atoms with Crippen molar-refractivity contribution in [3.8, 4) is 23.8 Å². The van der Waals surface area contributed by atoms with Crippen molar-refractivity contribution < 1.29 is 27.4 Å². The smallest absolute Gasteiger partial charge is 0.279 e. The molecule has 0 spiro atoms. The molecule has 1 amide bonds. The Morgan fingerprint density at radius 2 is 1.75 bits per heavy atom. The van der Waals surface area contributed by atoms with Gasteiger partial charge < -0.3 is 18.8 Å². The second kappa shape index (κ2) is 10.4. The molecule has 190 valence electrons. The minimum absolute atomic E-state index is 0.115. The van der Waals surface area contributed by atoms with Crippen molar-refractivity contribution in [3.05, 3.63) is 46.8 Å². The van der Waals surface area contributed by atoms with Crippen molar-refractivity contribution >= 4 is 37.5 Å². The molecule has 2 aromatic carbocycles. The van der Waals surface area contributed by atoms with Crippen molar-refractivity contribution in [1.82, 2.24) is 8.87 Å². The molecule has 0 aliphatic carbocycles. The number of rotatable bonds is 6. The number of terminal acetylenes is 1. The van der Waals surface area contributed by atoms with Crippen LogP contribution in [0.5, 0.6) is 11.5 Å². The molecule has 0 bridgehead atoms. The van der Waals surface area contributed by atoms with E-state index in [-0.39, 0.29) is 42.3 Å². The maximum absolute atomic E-state index is 13.1. The first-order valence-electron chi connectivity index (χ1n) is 11.2. The minimum atomic E-state index is -3.71. The van der Waals surface area contributed by atoms with E-state index in [2.05, 4.69) is 10.9 Å². The average molecular weight is 530 g/mol. The molecular formula is C25H27N3O6S2. The van der Waals surface area contributed by atoms with Crippen molar-refractivity contribution in [2.75, 3.05) is 27.3 Å². The summed E-state index contributed by atoms with van der Waals surface area (Å²) in [6, 6.07) is 9.40. The van der Waals surface area contributed by atoms with Gasteiger partial charge in [0.25, 0.3) is 5.91 Å². The quantitative estimate of drug-likeness (QED) is 0.456. The zero-order chi connectivity index (χ0) is 26.0. The fourth-order valence-corrected chi connectivity index (χ4v) is 6.75. The predicted molar refractivity (Wildman–Crippen MR) is 137 cm³/mol. The highest BCUT2D eigenvalue weighted by atomic mass is 32.2. The van der Waals surface area contributed by atoms with Gasteiger partial charge in [0.05, 0.1) is 48.1 Å². The number of amides is 1. The van der Waals surface area contributed by atoms with E-state index in [4.69, 9.17) is 20.6 Å². The number of morpholine rings is 1. The van der Waals surface area contributed by atoms with Gasteiger partial charge in [-0.3, -0.25) is 4.79 Å². The van der Waals surface area contributed by atoms with Gasteiger partial charge in [0.2, 0.25) is 10.0 Å². The molecule has 36 heavy (non-hydrogen) atoms. The molecule has 4 rings (SSSR count). The number of carbonyl (C=O) groups excluding carboxylic acids is 1. The Hall–Kier alpha value is -3.17. The molecule has 2 atom stereocenters. The van der Waals surface area contributed by atoms with Crippen LogP contribution in [0.2, 0.25) is 0 Å². The van der Waals surface area contributed by atoms with Gasteiger partial charge in [-0.05, 0) is 38.1 Å². The maximum Gasteiger partial charge on any atom is 0.279 e. The normalized spacial score (nSPS) is 19.2. The van der Waals surface area contributed by atoms with Crippen LogP contribution in [0, 0.1) is 12.3 Å². The summed E-state index contributed by atoms with van der Waals surface area (Å²) < 4.78 is 46.6. The second-order valence-electron chi connectivity index (χ2n) is 8.37. The van der Waals surface area contributed by atoms with Gasteiger partial charge in [0.1, 0.15) is 0 Å². The van der Waals surface area contributed by atoms with Gasteiger partial charge in [-0.1, -0.05) is 17.3 Å². The zero-order valence-corrected chi connectivity index (χ0v) is 22.1. The summed E-state index contributed by atoms with van der Waals surface area (Å²) in [6.07, 6.45) is 5.18. The summed E-state index contributed by atoms with van der Waals surface area (Å²) in [5, 5.41) is 0. The lowest BCUT2D eigenvalue weighted by Gasteiger charge is -2.34. The number of methoxy groups -OCH3 is 2. The fraction of sp³-hybridized carbons (Fsp3) is 0.360. The molecule has 9 nitrogen and oxygen atoms in total. The van der Waals surface area contributed by atoms with Crippen LogP contribution < -0.4 is 14.3 Å². The van der Waals surface area contributed by atoms with Crippen molar-refractivity contribution in [1.29, 1.82) is 0 Å². The highest BCUT2D eigenvalue weighted by Crippen LogP contribution is 2.33. The third kappa shape index (κ3) is 5.03. The molecule has 1 aromatic heterocycles. The number of aromatic nitrogens is 1. The van der Waals surface area contributed by atoms with E-state index in [1.807, 2.05) is 19.9 Å². The molecule has 1 aliphatic heterocycles. The van der Waals surface area contributed by atoms with E-state index in [0.717, 1.165) is 10.2 Å². The number of nitrogens with zero attached hydrogens (tertiary/aromatic N) is 3. The lowest BCUT2D eigenvalue weighted by Crippen LogP contribution is -2.48. The van der Waals surface area contributed by atoms with Crippen molar-refractivity contribution in [3.63, 3.8) is 0 Å². The van der Waals surface area contributed by atoms with Crippen LogP contribution in [-0.2, 0) is 21.3 Å². The predicted octanol–water partition coefficient (Wildman–Crippen LogP) is 2.89. The van der Waals surface area contributed by atoms with Crippen LogP contribution >= 0.6 is 11.3 Å². The maximum atomic E-state index is 13.1. The molecule has 0 radical (unpaired) electrons. The monoisotopic (exact) mass is 529 g/mol. The second-order valence-corrected chi connectivity index (χ2v) is 11.3. The number of carbonyl (C=O) groups is 1. The third-order valence-corrected chi connectivity index (χ3v) is 8.65. The lowest BCUT2D eigenvalue weighted by molar-refractivity contribution is -0.0440.